The first-order valence-electron chi connectivity index (χ1n) is 11.7. The Balaban J connectivity index is 1.67. The van der Waals surface area contributed by atoms with Crippen LogP contribution >= 0.6 is 34.5 Å². The largest absolute Gasteiger partial charge is 0.496 e. The Morgan fingerprint density at radius 1 is 1.16 bits per heavy atom. The van der Waals surface area contributed by atoms with Crippen molar-refractivity contribution >= 4 is 46.6 Å². The lowest BCUT2D eigenvalue weighted by molar-refractivity contribution is -0.139. The Kier molecular flexibility index (Phi) is 7.29. The molecule has 2 aromatic carbocycles. The molecule has 194 valence electrons. The molecule has 0 saturated carbocycles. The number of esters is 1. The lowest BCUT2D eigenvalue weighted by atomic mass is 9.95. The Hall–Kier alpha value is -3.59. The Morgan fingerprint density at radius 3 is 2.71 bits per heavy atom. The number of methoxy groups -OCH3 is 1. The monoisotopic (exact) mass is 568 g/mol. The van der Waals surface area contributed by atoms with Crippen molar-refractivity contribution in [3.05, 3.63) is 107 Å². The molecule has 1 aliphatic heterocycles. The summed E-state index contributed by atoms with van der Waals surface area (Å²) in [5, 5.41) is 0.799. The van der Waals surface area contributed by atoms with Gasteiger partial charge in [0.2, 0.25) is 0 Å². The number of rotatable bonds is 6. The molecule has 0 aliphatic carbocycles. The van der Waals surface area contributed by atoms with Gasteiger partial charge in [0.15, 0.2) is 4.80 Å². The van der Waals surface area contributed by atoms with E-state index in [0.29, 0.717) is 53.5 Å². The summed E-state index contributed by atoms with van der Waals surface area (Å²) in [5.41, 5.74) is 1.73. The number of halogens is 2. The summed E-state index contributed by atoms with van der Waals surface area (Å²) in [7, 11) is 1.55. The Morgan fingerprint density at radius 2 is 1.95 bits per heavy atom. The number of fused-ring (bicyclic) bond motifs is 1. The van der Waals surface area contributed by atoms with Crippen LogP contribution in [0.5, 0.6) is 5.75 Å². The van der Waals surface area contributed by atoms with Gasteiger partial charge in [0.05, 0.1) is 39.6 Å². The van der Waals surface area contributed by atoms with Crippen molar-refractivity contribution in [1.82, 2.24) is 4.57 Å². The van der Waals surface area contributed by atoms with Gasteiger partial charge in [-0.15, -0.1) is 0 Å². The van der Waals surface area contributed by atoms with E-state index < -0.39 is 12.0 Å². The van der Waals surface area contributed by atoms with Gasteiger partial charge in [0.25, 0.3) is 5.56 Å². The average Bonchev–Trinajstić information content (AvgIpc) is 3.49. The van der Waals surface area contributed by atoms with E-state index in [1.165, 1.54) is 15.9 Å². The second kappa shape index (κ2) is 10.6. The van der Waals surface area contributed by atoms with Gasteiger partial charge >= 0.3 is 5.97 Å². The summed E-state index contributed by atoms with van der Waals surface area (Å²) in [6, 6.07) is 15.3. The normalized spacial score (nSPS) is 15.3. The highest BCUT2D eigenvalue weighted by atomic mass is 35.5. The fourth-order valence-corrected chi connectivity index (χ4v) is 5.80. The summed E-state index contributed by atoms with van der Waals surface area (Å²) >= 11 is 13.7. The molecule has 38 heavy (non-hydrogen) atoms. The van der Waals surface area contributed by atoms with E-state index in [9.17, 15) is 9.59 Å². The number of carbonyl (C=O) groups is 1. The average molecular weight is 569 g/mol. The van der Waals surface area contributed by atoms with Crippen molar-refractivity contribution in [2.75, 3.05) is 13.7 Å². The number of carbonyl (C=O) groups excluding carboxylic acids is 1. The number of thiazole rings is 1. The van der Waals surface area contributed by atoms with Gasteiger partial charge in [-0.25, -0.2) is 9.79 Å². The van der Waals surface area contributed by atoms with Gasteiger partial charge in [0, 0.05) is 17.2 Å². The molecule has 0 amide bonds. The first kappa shape index (κ1) is 26.0. The molecule has 3 heterocycles. The predicted octanol–water partition coefficient (Wildman–Crippen LogP) is 5.37. The number of hydrogen-bond donors (Lipinski definition) is 0. The van der Waals surface area contributed by atoms with E-state index >= 15 is 0 Å². The number of allylic oxidation sites excluding steroid dienone is 1. The van der Waals surface area contributed by atoms with E-state index in [1.54, 1.807) is 63.4 Å². The maximum absolute atomic E-state index is 13.8. The van der Waals surface area contributed by atoms with Gasteiger partial charge in [-0.2, -0.15) is 0 Å². The van der Waals surface area contributed by atoms with E-state index in [4.69, 9.17) is 37.1 Å². The zero-order chi connectivity index (χ0) is 27.0. The first-order valence-corrected chi connectivity index (χ1v) is 13.3. The molecule has 0 saturated heterocycles. The highest BCUT2D eigenvalue weighted by Crippen LogP contribution is 2.36. The summed E-state index contributed by atoms with van der Waals surface area (Å²) in [6.45, 7) is 3.66. The van der Waals surface area contributed by atoms with Crippen molar-refractivity contribution < 1.29 is 18.7 Å². The SMILES string of the molecule is CCOC(=O)C1=C(C)N=c2s/c(=C\c3ccc(-c4cccc(Cl)c4Cl)o3)c(=O)n2C1c1ccccc1OC. The van der Waals surface area contributed by atoms with Crippen LogP contribution < -0.4 is 19.6 Å². The molecular formula is C28H22Cl2N2O5S. The maximum atomic E-state index is 13.8. The summed E-state index contributed by atoms with van der Waals surface area (Å²) in [6.07, 6.45) is 1.65. The third-order valence-corrected chi connectivity index (χ3v) is 7.87. The Bertz CT molecular complexity index is 1770. The van der Waals surface area contributed by atoms with Crippen molar-refractivity contribution in [2.24, 2.45) is 4.99 Å². The molecule has 5 rings (SSSR count). The highest BCUT2D eigenvalue weighted by molar-refractivity contribution is 7.07. The zero-order valence-electron chi connectivity index (χ0n) is 20.7. The fourth-order valence-electron chi connectivity index (χ4n) is 4.38. The number of benzene rings is 2. The van der Waals surface area contributed by atoms with Crippen molar-refractivity contribution in [2.45, 2.75) is 19.9 Å². The molecule has 2 aromatic heterocycles. The molecule has 0 bridgehead atoms. The van der Waals surface area contributed by atoms with Crippen LogP contribution in [0.3, 0.4) is 0 Å². The number of furan rings is 1. The molecule has 1 unspecified atom stereocenters. The third-order valence-electron chi connectivity index (χ3n) is 6.07. The van der Waals surface area contributed by atoms with Crippen molar-refractivity contribution in [1.29, 1.82) is 0 Å². The van der Waals surface area contributed by atoms with Crippen LogP contribution in [0.15, 0.2) is 80.1 Å². The van der Waals surface area contributed by atoms with E-state index in [2.05, 4.69) is 4.99 Å². The minimum atomic E-state index is -0.777. The van der Waals surface area contributed by atoms with Crippen LogP contribution in [0.4, 0.5) is 0 Å². The summed E-state index contributed by atoms with van der Waals surface area (Å²) in [5.74, 6) is 0.978. The maximum Gasteiger partial charge on any atom is 0.338 e. The third kappa shape index (κ3) is 4.60. The van der Waals surface area contributed by atoms with Crippen LogP contribution in [0, 0.1) is 0 Å². The smallest absolute Gasteiger partial charge is 0.338 e. The Labute approximate surface area is 231 Å². The molecule has 7 nitrogen and oxygen atoms in total. The van der Waals surface area contributed by atoms with Crippen molar-refractivity contribution in [3.63, 3.8) is 0 Å². The molecule has 0 radical (unpaired) electrons. The quantitative estimate of drug-likeness (QED) is 0.292. The zero-order valence-corrected chi connectivity index (χ0v) is 23.0. The van der Waals surface area contributed by atoms with Crippen LogP contribution in [-0.2, 0) is 9.53 Å². The lowest BCUT2D eigenvalue weighted by Gasteiger charge is -2.25. The minimum absolute atomic E-state index is 0.191. The fraction of sp³-hybridized carbons (Fsp3) is 0.179. The lowest BCUT2D eigenvalue weighted by Crippen LogP contribution is -2.40. The second-order valence-corrected chi connectivity index (χ2v) is 10.1. The van der Waals surface area contributed by atoms with Gasteiger partial charge in [-0.05, 0) is 44.2 Å². The van der Waals surface area contributed by atoms with Crippen LogP contribution in [-0.4, -0.2) is 24.3 Å². The topological polar surface area (TPSA) is 83.0 Å². The highest BCUT2D eigenvalue weighted by Gasteiger charge is 2.35. The summed E-state index contributed by atoms with van der Waals surface area (Å²) < 4.78 is 18.8. The minimum Gasteiger partial charge on any atom is -0.496 e. The molecule has 4 aromatic rings. The molecule has 1 atom stereocenters. The first-order chi connectivity index (χ1) is 18.3. The van der Waals surface area contributed by atoms with Gasteiger partial charge < -0.3 is 13.9 Å². The van der Waals surface area contributed by atoms with Crippen LogP contribution in [0.25, 0.3) is 17.4 Å². The molecular weight excluding hydrogens is 547 g/mol. The van der Waals surface area contributed by atoms with E-state index in [1.807, 2.05) is 18.2 Å². The summed E-state index contributed by atoms with van der Waals surface area (Å²) in [4.78, 5) is 31.9. The standard InChI is InChI=1S/C28H22Cl2N2O5S/c1-4-36-27(34)23-15(2)31-28-32(25(23)18-8-5-6-11-20(18)35-3)26(33)22(38-28)14-16-12-13-21(37-16)17-9-7-10-19(29)24(17)30/h5-14,25H,4H2,1-3H3/b22-14-. The molecule has 10 heteroatoms. The van der Waals surface area contributed by atoms with Crippen LogP contribution in [0.1, 0.15) is 31.2 Å². The molecule has 0 N–H and O–H groups in total. The van der Waals surface area contributed by atoms with Gasteiger partial charge in [0.1, 0.15) is 23.3 Å². The second-order valence-electron chi connectivity index (χ2n) is 8.35. The van der Waals surface area contributed by atoms with Crippen molar-refractivity contribution in [3.8, 4) is 17.1 Å². The number of nitrogens with zero attached hydrogens (tertiary/aromatic N) is 2. The number of ether oxygens (including phenoxy) is 2. The van der Waals surface area contributed by atoms with Gasteiger partial charge in [-0.1, -0.05) is 58.8 Å². The van der Waals surface area contributed by atoms with E-state index in [-0.39, 0.29) is 17.7 Å². The molecule has 0 spiro atoms. The molecule has 0 fully saturated rings. The predicted molar refractivity (Wildman–Crippen MR) is 148 cm³/mol. The number of hydrogen-bond acceptors (Lipinski definition) is 7. The van der Waals surface area contributed by atoms with Crippen LogP contribution in [0.2, 0.25) is 10.0 Å². The molecule has 1 aliphatic rings. The number of para-hydroxylation sites is 1. The van der Waals surface area contributed by atoms with Gasteiger partial charge in [-0.3, -0.25) is 9.36 Å². The van der Waals surface area contributed by atoms with E-state index in [0.717, 1.165) is 0 Å². The number of aromatic nitrogens is 1.